The predicted octanol–water partition coefficient (Wildman–Crippen LogP) is 3.85. The summed E-state index contributed by atoms with van der Waals surface area (Å²) < 4.78 is 0. The van der Waals surface area contributed by atoms with E-state index in [0.29, 0.717) is 0 Å². The highest BCUT2D eigenvalue weighted by atomic mass is 14.7. The molecular weight excluding hydrogens is 244 g/mol. The van der Waals surface area contributed by atoms with Gasteiger partial charge in [0.1, 0.15) is 0 Å². The number of fused-ring (bicyclic) bond motifs is 1. The fourth-order valence-electron chi connectivity index (χ4n) is 2.60. The Morgan fingerprint density at radius 1 is 1.05 bits per heavy atom. The van der Waals surface area contributed by atoms with Crippen molar-refractivity contribution in [1.82, 2.24) is 4.98 Å². The second kappa shape index (κ2) is 5.43. The van der Waals surface area contributed by atoms with Gasteiger partial charge in [-0.15, -0.1) is 0 Å². The Morgan fingerprint density at radius 2 is 1.80 bits per heavy atom. The molecule has 2 aromatic carbocycles. The summed E-state index contributed by atoms with van der Waals surface area (Å²) in [4.78, 5) is 4.50. The molecule has 0 saturated heterocycles. The first kappa shape index (κ1) is 12.8. The number of aromatic nitrogens is 1. The van der Waals surface area contributed by atoms with Crippen LogP contribution in [0.15, 0.2) is 60.8 Å². The number of para-hydroxylation sites is 1. The third-order valence-corrected chi connectivity index (χ3v) is 3.74. The first-order valence-corrected chi connectivity index (χ1v) is 6.97. The van der Waals surface area contributed by atoms with Gasteiger partial charge in [-0.3, -0.25) is 4.98 Å². The van der Waals surface area contributed by atoms with Crippen LogP contribution in [-0.4, -0.2) is 4.98 Å². The maximum atomic E-state index is 6.44. The van der Waals surface area contributed by atoms with Gasteiger partial charge in [0, 0.05) is 11.6 Å². The van der Waals surface area contributed by atoms with Gasteiger partial charge in [-0.1, -0.05) is 49.4 Å². The van der Waals surface area contributed by atoms with Crippen molar-refractivity contribution >= 4 is 10.9 Å². The molecule has 0 aliphatic carbocycles. The Balaban J connectivity index is 2.05. The van der Waals surface area contributed by atoms with Crippen LogP contribution in [0.4, 0.5) is 0 Å². The largest absolute Gasteiger partial charge is 0.320 e. The summed E-state index contributed by atoms with van der Waals surface area (Å²) in [5.74, 6) is 0. The number of hydrogen-bond donors (Lipinski definition) is 1. The van der Waals surface area contributed by atoms with E-state index in [1.165, 1.54) is 11.1 Å². The van der Waals surface area contributed by atoms with E-state index in [0.717, 1.165) is 22.9 Å². The molecular formula is C18H18N2. The second-order valence-corrected chi connectivity index (χ2v) is 4.99. The number of aryl methyl sites for hydroxylation is 1. The van der Waals surface area contributed by atoms with Gasteiger partial charge in [0.05, 0.1) is 11.6 Å². The lowest BCUT2D eigenvalue weighted by Gasteiger charge is -2.16. The lowest BCUT2D eigenvalue weighted by Crippen LogP contribution is -2.14. The highest BCUT2D eigenvalue weighted by Gasteiger charge is 2.12. The van der Waals surface area contributed by atoms with Gasteiger partial charge >= 0.3 is 0 Å². The van der Waals surface area contributed by atoms with Crippen LogP contribution in [0.5, 0.6) is 0 Å². The molecule has 0 amide bonds. The number of nitrogens with two attached hydrogens (primary N) is 1. The molecule has 3 rings (SSSR count). The minimum Gasteiger partial charge on any atom is -0.320 e. The van der Waals surface area contributed by atoms with Gasteiger partial charge in [0.15, 0.2) is 0 Å². The van der Waals surface area contributed by atoms with E-state index >= 15 is 0 Å². The Morgan fingerprint density at radius 3 is 2.65 bits per heavy atom. The lowest BCUT2D eigenvalue weighted by molar-refractivity contribution is 0.846. The topological polar surface area (TPSA) is 38.9 Å². The zero-order chi connectivity index (χ0) is 13.9. The molecule has 2 N–H and O–H groups in total. The molecule has 1 aromatic heterocycles. The zero-order valence-corrected chi connectivity index (χ0v) is 11.6. The van der Waals surface area contributed by atoms with Gasteiger partial charge in [-0.05, 0) is 35.2 Å². The molecule has 0 radical (unpaired) electrons. The summed E-state index contributed by atoms with van der Waals surface area (Å²) in [6.45, 7) is 2.16. The van der Waals surface area contributed by atoms with E-state index in [1.807, 2.05) is 30.5 Å². The second-order valence-electron chi connectivity index (χ2n) is 4.99. The van der Waals surface area contributed by atoms with Crippen molar-refractivity contribution in [3.05, 3.63) is 77.5 Å². The number of benzene rings is 2. The normalized spacial score (nSPS) is 12.5. The Labute approximate surface area is 119 Å². The van der Waals surface area contributed by atoms with E-state index in [-0.39, 0.29) is 6.04 Å². The number of hydrogen-bond acceptors (Lipinski definition) is 2. The lowest BCUT2D eigenvalue weighted by atomic mass is 9.94. The van der Waals surface area contributed by atoms with Crippen LogP contribution in [0, 0.1) is 0 Å². The van der Waals surface area contributed by atoms with Crippen LogP contribution >= 0.6 is 0 Å². The Bertz CT molecular complexity index is 734. The minimum atomic E-state index is -0.122. The van der Waals surface area contributed by atoms with Crippen molar-refractivity contribution in [2.24, 2.45) is 5.73 Å². The summed E-state index contributed by atoms with van der Waals surface area (Å²) in [6.07, 6.45) is 2.88. The summed E-state index contributed by atoms with van der Waals surface area (Å²) in [5, 5.41) is 1.13. The molecule has 2 nitrogen and oxygen atoms in total. The van der Waals surface area contributed by atoms with Crippen LogP contribution in [0.2, 0.25) is 0 Å². The third-order valence-electron chi connectivity index (χ3n) is 3.74. The molecule has 3 aromatic rings. The highest BCUT2D eigenvalue weighted by molar-refractivity contribution is 5.79. The highest BCUT2D eigenvalue weighted by Crippen LogP contribution is 2.25. The fourth-order valence-corrected chi connectivity index (χ4v) is 2.60. The first-order chi connectivity index (χ1) is 9.79. The van der Waals surface area contributed by atoms with Gasteiger partial charge in [-0.2, -0.15) is 0 Å². The molecule has 0 fully saturated rings. The maximum Gasteiger partial charge on any atom is 0.0702 e. The molecule has 0 aliphatic heterocycles. The van der Waals surface area contributed by atoms with E-state index < -0.39 is 0 Å². The molecule has 0 spiro atoms. The molecule has 0 saturated carbocycles. The molecule has 20 heavy (non-hydrogen) atoms. The molecule has 1 heterocycles. The van der Waals surface area contributed by atoms with Gasteiger partial charge < -0.3 is 5.73 Å². The molecule has 100 valence electrons. The van der Waals surface area contributed by atoms with E-state index in [4.69, 9.17) is 5.73 Å². The van der Waals surface area contributed by atoms with Crippen molar-refractivity contribution in [1.29, 1.82) is 0 Å². The van der Waals surface area contributed by atoms with Crippen LogP contribution in [-0.2, 0) is 6.42 Å². The van der Waals surface area contributed by atoms with Crippen molar-refractivity contribution < 1.29 is 0 Å². The predicted molar refractivity (Wildman–Crippen MR) is 83.6 cm³/mol. The summed E-state index contributed by atoms with van der Waals surface area (Å²) in [6, 6.07) is 18.5. The molecule has 0 aliphatic rings. The van der Waals surface area contributed by atoms with Gasteiger partial charge in [-0.25, -0.2) is 0 Å². The summed E-state index contributed by atoms with van der Waals surface area (Å²) >= 11 is 0. The zero-order valence-electron chi connectivity index (χ0n) is 11.6. The van der Waals surface area contributed by atoms with Crippen molar-refractivity contribution in [2.75, 3.05) is 0 Å². The molecule has 1 unspecified atom stereocenters. The van der Waals surface area contributed by atoms with E-state index in [2.05, 4.69) is 42.2 Å². The monoisotopic (exact) mass is 262 g/mol. The smallest absolute Gasteiger partial charge is 0.0702 e. The minimum absolute atomic E-state index is 0.122. The molecule has 2 heteroatoms. The Kier molecular flexibility index (Phi) is 3.48. The van der Waals surface area contributed by atoms with Gasteiger partial charge in [0.25, 0.3) is 0 Å². The van der Waals surface area contributed by atoms with Crippen LogP contribution < -0.4 is 5.73 Å². The Hall–Kier alpha value is -2.19. The SMILES string of the molecule is CCc1ccccc1C(N)c1cnc2ccccc2c1. The third kappa shape index (κ3) is 2.30. The molecule has 0 bridgehead atoms. The van der Waals surface area contributed by atoms with Crippen LogP contribution in [0.25, 0.3) is 10.9 Å². The first-order valence-electron chi connectivity index (χ1n) is 6.97. The quantitative estimate of drug-likeness (QED) is 0.778. The van der Waals surface area contributed by atoms with Crippen molar-refractivity contribution in [2.45, 2.75) is 19.4 Å². The standard InChI is InChI=1S/C18H18N2/c1-2-13-7-3-5-9-16(13)18(19)15-11-14-8-4-6-10-17(14)20-12-15/h3-12,18H,2,19H2,1H3. The van der Waals surface area contributed by atoms with Crippen molar-refractivity contribution in [3.8, 4) is 0 Å². The fraction of sp³-hybridized carbons (Fsp3) is 0.167. The summed E-state index contributed by atoms with van der Waals surface area (Å²) in [5.41, 5.74) is 11.0. The average molecular weight is 262 g/mol. The van der Waals surface area contributed by atoms with Gasteiger partial charge in [0.2, 0.25) is 0 Å². The van der Waals surface area contributed by atoms with Crippen molar-refractivity contribution in [3.63, 3.8) is 0 Å². The van der Waals surface area contributed by atoms with E-state index in [9.17, 15) is 0 Å². The van der Waals surface area contributed by atoms with Crippen LogP contribution in [0.1, 0.15) is 29.7 Å². The molecule has 1 atom stereocenters. The maximum absolute atomic E-state index is 6.44. The summed E-state index contributed by atoms with van der Waals surface area (Å²) in [7, 11) is 0. The number of nitrogens with zero attached hydrogens (tertiary/aromatic N) is 1. The van der Waals surface area contributed by atoms with E-state index in [1.54, 1.807) is 0 Å². The van der Waals surface area contributed by atoms with Crippen LogP contribution in [0.3, 0.4) is 0 Å². The average Bonchev–Trinajstić information content (AvgIpc) is 2.53. The number of pyridine rings is 1. The number of rotatable bonds is 3.